The molecule has 0 atom stereocenters. The zero-order valence-electron chi connectivity index (χ0n) is 10.9. The molecule has 0 aliphatic carbocycles. The second kappa shape index (κ2) is 4.86. The van der Waals surface area contributed by atoms with Crippen LogP contribution in [0.4, 0.5) is 5.82 Å². The van der Waals surface area contributed by atoms with Gasteiger partial charge in [0.2, 0.25) is 0 Å². The Hall–Kier alpha value is -1.40. The number of halogens is 1. The summed E-state index contributed by atoms with van der Waals surface area (Å²) in [4.78, 5) is 4.57. The van der Waals surface area contributed by atoms with Gasteiger partial charge in [0, 0.05) is 17.2 Å². The molecule has 0 radical (unpaired) electrons. The highest BCUT2D eigenvalue weighted by Crippen LogP contribution is 2.32. The Morgan fingerprint density at radius 1 is 1.30 bits per heavy atom. The van der Waals surface area contributed by atoms with Crippen LogP contribution in [0.15, 0.2) is 45.9 Å². The minimum absolute atomic E-state index is 0.315. The fourth-order valence-electron chi connectivity index (χ4n) is 2.35. The predicted octanol–water partition coefficient (Wildman–Crippen LogP) is 2.90. The number of pyridine rings is 1. The van der Waals surface area contributed by atoms with Crippen molar-refractivity contribution in [3.8, 4) is 0 Å². The summed E-state index contributed by atoms with van der Waals surface area (Å²) in [6, 6.07) is 8.87. The molecule has 2 aromatic rings. The van der Waals surface area contributed by atoms with Gasteiger partial charge >= 0.3 is 0 Å². The molecule has 0 N–H and O–H groups in total. The first-order valence-corrected chi connectivity index (χ1v) is 8.45. The molecule has 1 aliphatic rings. The van der Waals surface area contributed by atoms with Crippen LogP contribution in [-0.2, 0) is 16.4 Å². The molecule has 1 aromatic carbocycles. The lowest BCUT2D eigenvalue weighted by Gasteiger charge is -2.18. The Bertz CT molecular complexity index is 774. The third kappa shape index (κ3) is 2.23. The van der Waals surface area contributed by atoms with E-state index in [1.807, 2.05) is 19.1 Å². The topological polar surface area (TPSA) is 50.3 Å². The van der Waals surface area contributed by atoms with E-state index in [9.17, 15) is 8.42 Å². The average Bonchev–Trinajstić information content (AvgIpc) is 2.82. The maximum Gasteiger partial charge on any atom is 0.265 e. The molecule has 3 rings (SSSR count). The summed E-state index contributed by atoms with van der Waals surface area (Å²) in [6.45, 7) is 2.32. The van der Waals surface area contributed by atoms with Crippen LogP contribution in [-0.4, -0.2) is 19.9 Å². The van der Waals surface area contributed by atoms with E-state index in [0.717, 1.165) is 15.6 Å². The van der Waals surface area contributed by atoms with Crippen molar-refractivity contribution in [1.29, 1.82) is 0 Å². The fourth-order valence-corrected chi connectivity index (χ4v) is 4.29. The molecule has 0 unspecified atom stereocenters. The number of aromatic nitrogens is 1. The molecular formula is C14H13BrN2O2S. The van der Waals surface area contributed by atoms with Gasteiger partial charge in [-0.3, -0.25) is 0 Å². The Balaban J connectivity index is 2.07. The van der Waals surface area contributed by atoms with Crippen molar-refractivity contribution in [3.05, 3.63) is 52.1 Å². The van der Waals surface area contributed by atoms with E-state index in [0.29, 0.717) is 23.7 Å². The van der Waals surface area contributed by atoms with Crippen molar-refractivity contribution in [2.75, 3.05) is 10.8 Å². The van der Waals surface area contributed by atoms with Crippen molar-refractivity contribution in [2.24, 2.45) is 0 Å². The van der Waals surface area contributed by atoms with Gasteiger partial charge in [0.1, 0.15) is 5.82 Å². The lowest BCUT2D eigenvalue weighted by molar-refractivity contribution is 0.592. The largest absolute Gasteiger partial charge is 0.265 e. The van der Waals surface area contributed by atoms with E-state index in [-0.39, 0.29) is 0 Å². The number of anilines is 1. The summed E-state index contributed by atoms with van der Waals surface area (Å²) in [5.41, 5.74) is 1.88. The first kappa shape index (κ1) is 13.6. The highest BCUT2D eigenvalue weighted by atomic mass is 79.9. The Labute approximate surface area is 126 Å². The maximum atomic E-state index is 12.7. The van der Waals surface area contributed by atoms with E-state index in [1.165, 1.54) is 4.31 Å². The zero-order chi connectivity index (χ0) is 14.3. The maximum absolute atomic E-state index is 12.7. The van der Waals surface area contributed by atoms with Crippen molar-refractivity contribution < 1.29 is 8.42 Å². The van der Waals surface area contributed by atoms with E-state index >= 15 is 0 Å². The van der Waals surface area contributed by atoms with Crippen LogP contribution in [0, 0.1) is 6.92 Å². The van der Waals surface area contributed by atoms with Crippen LogP contribution < -0.4 is 4.31 Å². The Morgan fingerprint density at radius 3 is 2.85 bits per heavy atom. The van der Waals surface area contributed by atoms with Gasteiger partial charge in [-0.05, 0) is 58.6 Å². The molecule has 0 amide bonds. The molecule has 0 fully saturated rings. The molecular weight excluding hydrogens is 340 g/mol. The van der Waals surface area contributed by atoms with Crippen LogP contribution in [0.5, 0.6) is 0 Å². The van der Waals surface area contributed by atoms with Gasteiger partial charge in [0.15, 0.2) is 0 Å². The van der Waals surface area contributed by atoms with Gasteiger partial charge in [-0.15, -0.1) is 0 Å². The van der Waals surface area contributed by atoms with Gasteiger partial charge in [-0.2, -0.15) is 0 Å². The van der Waals surface area contributed by atoms with Gasteiger partial charge in [0.25, 0.3) is 10.0 Å². The number of aryl methyl sites for hydroxylation is 1. The molecule has 6 heteroatoms. The Kier molecular flexibility index (Phi) is 3.30. The zero-order valence-corrected chi connectivity index (χ0v) is 13.3. The average molecular weight is 353 g/mol. The van der Waals surface area contributed by atoms with Crippen LogP contribution in [0.2, 0.25) is 0 Å². The summed E-state index contributed by atoms with van der Waals surface area (Å²) in [6.07, 6.45) is 2.32. The first-order valence-electron chi connectivity index (χ1n) is 6.22. The molecule has 20 heavy (non-hydrogen) atoms. The van der Waals surface area contributed by atoms with Gasteiger partial charge < -0.3 is 0 Å². The Morgan fingerprint density at radius 2 is 2.10 bits per heavy atom. The molecule has 1 aliphatic heterocycles. The second-order valence-electron chi connectivity index (χ2n) is 4.78. The van der Waals surface area contributed by atoms with Crippen LogP contribution >= 0.6 is 15.9 Å². The standard InChI is InChI=1S/C14H13BrN2O2S/c1-10-3-2-4-13(7-10)20(18,19)17-6-5-11-8-12(15)9-16-14(11)17/h2-4,7-9H,5-6H2,1H3. The number of benzene rings is 1. The molecule has 2 heterocycles. The summed E-state index contributed by atoms with van der Waals surface area (Å²) in [5, 5.41) is 0. The van der Waals surface area contributed by atoms with E-state index in [1.54, 1.807) is 24.4 Å². The SMILES string of the molecule is Cc1cccc(S(=O)(=O)N2CCc3cc(Br)cnc32)c1. The van der Waals surface area contributed by atoms with Crippen LogP contribution in [0.3, 0.4) is 0 Å². The van der Waals surface area contributed by atoms with E-state index in [2.05, 4.69) is 20.9 Å². The predicted molar refractivity (Wildman–Crippen MR) is 81.4 cm³/mol. The molecule has 104 valence electrons. The summed E-state index contributed by atoms with van der Waals surface area (Å²) in [5.74, 6) is 0.537. The van der Waals surface area contributed by atoms with Crippen molar-refractivity contribution in [3.63, 3.8) is 0 Å². The molecule has 1 aromatic heterocycles. The fraction of sp³-hybridized carbons (Fsp3) is 0.214. The highest BCUT2D eigenvalue weighted by molar-refractivity contribution is 9.10. The van der Waals surface area contributed by atoms with Crippen molar-refractivity contribution in [2.45, 2.75) is 18.2 Å². The number of hydrogen-bond donors (Lipinski definition) is 0. The third-order valence-electron chi connectivity index (χ3n) is 3.31. The summed E-state index contributed by atoms with van der Waals surface area (Å²) < 4.78 is 27.7. The van der Waals surface area contributed by atoms with E-state index < -0.39 is 10.0 Å². The molecule has 0 saturated carbocycles. The monoisotopic (exact) mass is 352 g/mol. The van der Waals surface area contributed by atoms with Crippen LogP contribution in [0.25, 0.3) is 0 Å². The lowest BCUT2D eigenvalue weighted by Crippen LogP contribution is -2.29. The molecule has 4 nitrogen and oxygen atoms in total. The van der Waals surface area contributed by atoms with Crippen LogP contribution in [0.1, 0.15) is 11.1 Å². The quantitative estimate of drug-likeness (QED) is 0.834. The van der Waals surface area contributed by atoms with Gasteiger partial charge in [-0.25, -0.2) is 17.7 Å². The highest BCUT2D eigenvalue weighted by Gasteiger charge is 2.32. The first-order chi connectivity index (χ1) is 9.48. The minimum Gasteiger partial charge on any atom is -0.249 e. The van der Waals surface area contributed by atoms with Crippen molar-refractivity contribution in [1.82, 2.24) is 4.98 Å². The van der Waals surface area contributed by atoms with E-state index in [4.69, 9.17) is 0 Å². The summed E-state index contributed by atoms with van der Waals surface area (Å²) >= 11 is 3.36. The lowest BCUT2D eigenvalue weighted by atomic mass is 10.2. The van der Waals surface area contributed by atoms with Gasteiger partial charge in [-0.1, -0.05) is 12.1 Å². The summed E-state index contributed by atoms with van der Waals surface area (Å²) in [7, 11) is -3.53. The van der Waals surface area contributed by atoms with Crippen molar-refractivity contribution >= 4 is 31.8 Å². The molecule has 0 spiro atoms. The second-order valence-corrected chi connectivity index (χ2v) is 7.56. The minimum atomic E-state index is -3.53. The number of rotatable bonds is 2. The normalized spacial score (nSPS) is 14.4. The number of fused-ring (bicyclic) bond motifs is 1. The smallest absolute Gasteiger partial charge is 0.249 e. The number of hydrogen-bond acceptors (Lipinski definition) is 3. The number of sulfonamides is 1. The number of nitrogens with zero attached hydrogens (tertiary/aromatic N) is 2. The molecule has 0 saturated heterocycles. The third-order valence-corrected chi connectivity index (χ3v) is 5.53. The molecule has 0 bridgehead atoms. The van der Waals surface area contributed by atoms with Gasteiger partial charge in [0.05, 0.1) is 4.90 Å².